The molecule has 5 heteroatoms. The second kappa shape index (κ2) is 6.21. The zero-order valence-electron chi connectivity index (χ0n) is 10.7. The second-order valence-corrected chi connectivity index (χ2v) is 6.44. The molecule has 2 aromatic rings. The molecule has 1 heterocycles. The molecule has 0 saturated carbocycles. The molecule has 0 saturated heterocycles. The van der Waals surface area contributed by atoms with Gasteiger partial charge < -0.3 is 9.64 Å². The molecule has 3 nitrogen and oxygen atoms in total. The number of carbonyl (C=O) groups excluding carboxylic acids is 1. The van der Waals surface area contributed by atoms with E-state index in [0.29, 0.717) is 12.1 Å². The van der Waals surface area contributed by atoms with Gasteiger partial charge in [0.05, 0.1) is 10.9 Å². The number of carbonyl (C=O) groups is 1. The van der Waals surface area contributed by atoms with Crippen molar-refractivity contribution in [1.82, 2.24) is 4.90 Å². The third kappa shape index (κ3) is 3.58. The van der Waals surface area contributed by atoms with Crippen LogP contribution in [0.5, 0.6) is 5.75 Å². The third-order valence-electron chi connectivity index (χ3n) is 2.73. The minimum absolute atomic E-state index is 0.00461. The number of hydrogen-bond acceptors (Lipinski definition) is 3. The van der Waals surface area contributed by atoms with Crippen LogP contribution in [0.1, 0.15) is 15.9 Å². The lowest BCUT2D eigenvalue weighted by atomic mass is 10.2. The summed E-state index contributed by atoms with van der Waals surface area (Å²) in [5, 5.41) is 2.04. The van der Waals surface area contributed by atoms with Crippen LogP contribution >= 0.6 is 27.3 Å². The van der Waals surface area contributed by atoms with Crippen LogP contribution in [0.25, 0.3) is 0 Å². The number of hydrogen-bond donors (Lipinski definition) is 0. The molecule has 0 aliphatic heterocycles. The standard InChI is InChI=1S/C14H14BrNO2S/c1-16(8-10-7-13(15)19-9-10)14(17)11-3-5-12(18-2)6-4-11/h3-7,9H,8H2,1-2H3. The normalized spacial score (nSPS) is 10.3. The van der Waals surface area contributed by atoms with Crippen molar-refractivity contribution >= 4 is 33.2 Å². The summed E-state index contributed by atoms with van der Waals surface area (Å²) < 4.78 is 6.16. The highest BCUT2D eigenvalue weighted by atomic mass is 79.9. The van der Waals surface area contributed by atoms with Gasteiger partial charge in [0, 0.05) is 19.2 Å². The summed E-state index contributed by atoms with van der Waals surface area (Å²) in [6, 6.07) is 9.18. The van der Waals surface area contributed by atoms with Gasteiger partial charge in [0.2, 0.25) is 0 Å². The van der Waals surface area contributed by atoms with E-state index >= 15 is 0 Å². The first-order chi connectivity index (χ1) is 9.10. The van der Waals surface area contributed by atoms with E-state index in [0.717, 1.165) is 15.1 Å². The fourth-order valence-corrected chi connectivity index (χ4v) is 2.93. The number of amides is 1. The van der Waals surface area contributed by atoms with E-state index in [9.17, 15) is 4.79 Å². The molecule has 100 valence electrons. The fourth-order valence-electron chi connectivity index (χ4n) is 1.73. The van der Waals surface area contributed by atoms with Crippen molar-refractivity contribution in [3.8, 4) is 5.75 Å². The van der Waals surface area contributed by atoms with Crippen molar-refractivity contribution in [1.29, 1.82) is 0 Å². The Morgan fingerprint density at radius 1 is 1.37 bits per heavy atom. The molecular formula is C14H14BrNO2S. The highest BCUT2D eigenvalue weighted by Crippen LogP contribution is 2.22. The van der Waals surface area contributed by atoms with Crippen LogP contribution in [-0.2, 0) is 6.54 Å². The van der Waals surface area contributed by atoms with Gasteiger partial charge >= 0.3 is 0 Å². The highest BCUT2D eigenvalue weighted by molar-refractivity contribution is 9.11. The van der Waals surface area contributed by atoms with Crippen molar-refractivity contribution in [3.63, 3.8) is 0 Å². The van der Waals surface area contributed by atoms with Crippen LogP contribution in [-0.4, -0.2) is 25.0 Å². The van der Waals surface area contributed by atoms with E-state index in [4.69, 9.17) is 4.74 Å². The first-order valence-corrected chi connectivity index (χ1v) is 7.40. The van der Waals surface area contributed by atoms with Crippen LogP contribution in [0.3, 0.4) is 0 Å². The number of benzene rings is 1. The zero-order valence-corrected chi connectivity index (χ0v) is 13.1. The van der Waals surface area contributed by atoms with Crippen LogP contribution in [0, 0.1) is 0 Å². The Labute approximate surface area is 124 Å². The molecule has 2 rings (SSSR count). The number of nitrogens with zero attached hydrogens (tertiary/aromatic N) is 1. The number of thiophene rings is 1. The first-order valence-electron chi connectivity index (χ1n) is 5.72. The van der Waals surface area contributed by atoms with Crippen molar-refractivity contribution in [2.24, 2.45) is 0 Å². The summed E-state index contributed by atoms with van der Waals surface area (Å²) in [5.41, 5.74) is 1.79. The molecule has 1 amide bonds. The van der Waals surface area contributed by atoms with E-state index in [2.05, 4.69) is 15.9 Å². The van der Waals surface area contributed by atoms with E-state index < -0.39 is 0 Å². The molecule has 0 bridgehead atoms. The molecule has 0 atom stereocenters. The quantitative estimate of drug-likeness (QED) is 0.847. The monoisotopic (exact) mass is 339 g/mol. The third-order valence-corrected chi connectivity index (χ3v) is 4.28. The molecule has 1 aromatic carbocycles. The minimum Gasteiger partial charge on any atom is -0.497 e. The van der Waals surface area contributed by atoms with Gasteiger partial charge in [0.25, 0.3) is 5.91 Å². The Balaban J connectivity index is 2.05. The molecule has 1 aromatic heterocycles. The lowest BCUT2D eigenvalue weighted by Crippen LogP contribution is -2.25. The van der Waals surface area contributed by atoms with E-state index in [1.165, 1.54) is 0 Å². The molecule has 0 radical (unpaired) electrons. The molecule has 0 N–H and O–H groups in total. The van der Waals surface area contributed by atoms with Crippen LogP contribution in [0.15, 0.2) is 39.5 Å². The second-order valence-electron chi connectivity index (χ2n) is 4.15. The topological polar surface area (TPSA) is 29.5 Å². The Morgan fingerprint density at radius 2 is 2.05 bits per heavy atom. The van der Waals surface area contributed by atoms with Crippen molar-refractivity contribution < 1.29 is 9.53 Å². The summed E-state index contributed by atoms with van der Waals surface area (Å²) >= 11 is 5.04. The van der Waals surface area contributed by atoms with E-state index in [1.54, 1.807) is 54.7 Å². The van der Waals surface area contributed by atoms with Gasteiger partial charge in [-0.25, -0.2) is 0 Å². The van der Waals surface area contributed by atoms with Gasteiger partial charge in [0.15, 0.2) is 0 Å². The summed E-state index contributed by atoms with van der Waals surface area (Å²) in [6.07, 6.45) is 0. The fraction of sp³-hybridized carbons (Fsp3) is 0.214. The van der Waals surface area contributed by atoms with Crippen molar-refractivity contribution in [2.75, 3.05) is 14.2 Å². The van der Waals surface area contributed by atoms with Crippen molar-refractivity contribution in [3.05, 3.63) is 50.6 Å². The molecule has 0 unspecified atom stereocenters. The SMILES string of the molecule is COc1ccc(C(=O)N(C)Cc2csc(Br)c2)cc1. The molecule has 0 spiro atoms. The van der Waals surface area contributed by atoms with E-state index in [1.807, 2.05) is 11.4 Å². The Kier molecular flexibility index (Phi) is 4.61. The number of halogens is 1. The lowest BCUT2D eigenvalue weighted by molar-refractivity contribution is 0.0785. The van der Waals surface area contributed by atoms with Crippen LogP contribution < -0.4 is 4.74 Å². The highest BCUT2D eigenvalue weighted by Gasteiger charge is 2.12. The summed E-state index contributed by atoms with van der Waals surface area (Å²) in [7, 11) is 3.41. The van der Waals surface area contributed by atoms with Gasteiger partial charge in [-0.05, 0) is 57.2 Å². The summed E-state index contributed by atoms with van der Waals surface area (Å²) in [6.45, 7) is 0.604. The van der Waals surface area contributed by atoms with Gasteiger partial charge in [-0.3, -0.25) is 4.79 Å². The predicted octanol–water partition coefficient (Wildman–Crippen LogP) is 3.79. The maximum absolute atomic E-state index is 12.2. The lowest BCUT2D eigenvalue weighted by Gasteiger charge is -2.16. The predicted molar refractivity (Wildman–Crippen MR) is 80.8 cm³/mol. The van der Waals surface area contributed by atoms with Gasteiger partial charge in [-0.1, -0.05) is 0 Å². The van der Waals surface area contributed by atoms with Gasteiger partial charge in [0.1, 0.15) is 5.75 Å². The minimum atomic E-state index is 0.00461. The zero-order chi connectivity index (χ0) is 13.8. The average molecular weight is 340 g/mol. The number of methoxy groups -OCH3 is 1. The first kappa shape index (κ1) is 14.1. The van der Waals surface area contributed by atoms with Gasteiger partial charge in [-0.2, -0.15) is 0 Å². The average Bonchev–Trinajstić information content (AvgIpc) is 2.83. The number of rotatable bonds is 4. The Bertz CT molecular complexity index is 565. The Hall–Kier alpha value is -1.33. The maximum atomic E-state index is 12.2. The van der Waals surface area contributed by atoms with Crippen molar-refractivity contribution in [2.45, 2.75) is 6.54 Å². The molecular weight excluding hydrogens is 326 g/mol. The smallest absolute Gasteiger partial charge is 0.253 e. The van der Waals surface area contributed by atoms with E-state index in [-0.39, 0.29) is 5.91 Å². The molecule has 0 aliphatic rings. The molecule has 0 aliphatic carbocycles. The largest absolute Gasteiger partial charge is 0.497 e. The summed E-state index contributed by atoms with van der Waals surface area (Å²) in [4.78, 5) is 13.9. The maximum Gasteiger partial charge on any atom is 0.253 e. The summed E-state index contributed by atoms with van der Waals surface area (Å²) in [5.74, 6) is 0.756. The number of ether oxygens (including phenoxy) is 1. The Morgan fingerprint density at radius 3 is 2.58 bits per heavy atom. The molecule has 0 fully saturated rings. The van der Waals surface area contributed by atoms with Gasteiger partial charge in [-0.15, -0.1) is 11.3 Å². The molecule has 19 heavy (non-hydrogen) atoms. The van der Waals surface area contributed by atoms with Crippen LogP contribution in [0.4, 0.5) is 0 Å². The van der Waals surface area contributed by atoms with Crippen LogP contribution in [0.2, 0.25) is 0 Å².